The Morgan fingerprint density at radius 2 is 1.62 bits per heavy atom. The first-order valence-corrected chi connectivity index (χ1v) is 8.08. The second-order valence-corrected chi connectivity index (χ2v) is 6.09. The Kier molecular flexibility index (Phi) is 6.10. The molecular weight excluding hydrogens is 301 g/mol. The van der Waals surface area contributed by atoms with Crippen LogP contribution in [0.4, 0.5) is 0 Å². The number of hydrogen-bond donors (Lipinski definition) is 1. The first-order chi connectivity index (χ1) is 10.1. The van der Waals surface area contributed by atoms with Gasteiger partial charge in [0.05, 0.1) is 10.0 Å². The van der Waals surface area contributed by atoms with Crippen molar-refractivity contribution < 1.29 is 0 Å². The Balaban J connectivity index is 2.16. The number of aryl methyl sites for hydroxylation is 1. The summed E-state index contributed by atoms with van der Waals surface area (Å²) in [6, 6.07) is 14.7. The van der Waals surface area contributed by atoms with Gasteiger partial charge in [-0.25, -0.2) is 0 Å². The lowest BCUT2D eigenvalue weighted by molar-refractivity contribution is 0.520. The molecule has 0 aromatic heterocycles. The van der Waals surface area contributed by atoms with Crippen molar-refractivity contribution in [1.82, 2.24) is 5.32 Å². The van der Waals surface area contributed by atoms with Crippen molar-refractivity contribution in [2.24, 2.45) is 0 Å². The second-order valence-electron chi connectivity index (χ2n) is 5.30. The lowest BCUT2D eigenvalue weighted by Crippen LogP contribution is -2.33. The van der Waals surface area contributed by atoms with Crippen LogP contribution in [-0.4, -0.2) is 12.6 Å². The number of benzene rings is 2. The van der Waals surface area contributed by atoms with Crippen LogP contribution >= 0.6 is 23.2 Å². The molecule has 3 heteroatoms. The molecule has 1 atom stereocenters. The molecule has 0 aliphatic carbocycles. The van der Waals surface area contributed by atoms with E-state index in [1.165, 1.54) is 11.1 Å². The lowest BCUT2D eigenvalue weighted by Gasteiger charge is -2.20. The topological polar surface area (TPSA) is 12.0 Å². The van der Waals surface area contributed by atoms with Gasteiger partial charge in [-0.1, -0.05) is 66.5 Å². The summed E-state index contributed by atoms with van der Waals surface area (Å²) in [5.74, 6) is 0. The van der Waals surface area contributed by atoms with Gasteiger partial charge in [-0.2, -0.15) is 0 Å². The second kappa shape index (κ2) is 7.84. The molecule has 2 rings (SSSR count). The van der Waals surface area contributed by atoms with Crippen molar-refractivity contribution in [3.63, 3.8) is 0 Å². The van der Waals surface area contributed by atoms with E-state index in [1.807, 2.05) is 12.1 Å². The summed E-state index contributed by atoms with van der Waals surface area (Å²) in [6.45, 7) is 5.23. The van der Waals surface area contributed by atoms with Gasteiger partial charge < -0.3 is 5.32 Å². The maximum Gasteiger partial charge on any atom is 0.0624 e. The van der Waals surface area contributed by atoms with Gasteiger partial charge in [-0.05, 0) is 49.1 Å². The van der Waals surface area contributed by atoms with Gasteiger partial charge >= 0.3 is 0 Å². The maximum absolute atomic E-state index is 6.31. The van der Waals surface area contributed by atoms with Gasteiger partial charge in [0.2, 0.25) is 0 Å². The number of nitrogens with one attached hydrogen (secondary N) is 1. The van der Waals surface area contributed by atoms with Crippen molar-refractivity contribution in [1.29, 1.82) is 0 Å². The van der Waals surface area contributed by atoms with E-state index in [4.69, 9.17) is 23.2 Å². The van der Waals surface area contributed by atoms with Gasteiger partial charge in [0.1, 0.15) is 0 Å². The Hall–Kier alpha value is -1.02. The molecule has 0 saturated carbocycles. The summed E-state index contributed by atoms with van der Waals surface area (Å²) in [5, 5.41) is 4.85. The summed E-state index contributed by atoms with van der Waals surface area (Å²) in [6.07, 6.45) is 1.87. The molecule has 0 heterocycles. The summed E-state index contributed by atoms with van der Waals surface area (Å²) < 4.78 is 0. The predicted molar refractivity (Wildman–Crippen MR) is 92.5 cm³/mol. The molecule has 1 nitrogen and oxygen atoms in total. The number of hydrogen-bond acceptors (Lipinski definition) is 1. The average Bonchev–Trinajstić information content (AvgIpc) is 2.46. The van der Waals surface area contributed by atoms with Crippen molar-refractivity contribution in [3.8, 4) is 0 Å². The van der Waals surface area contributed by atoms with E-state index in [0.29, 0.717) is 16.1 Å². The van der Waals surface area contributed by atoms with Crippen LogP contribution in [0.25, 0.3) is 0 Å². The van der Waals surface area contributed by atoms with Gasteiger partial charge in [0.25, 0.3) is 0 Å². The van der Waals surface area contributed by atoms with Crippen molar-refractivity contribution in [2.45, 2.75) is 32.7 Å². The molecule has 0 bridgehead atoms. The van der Waals surface area contributed by atoms with Crippen LogP contribution in [0.5, 0.6) is 0 Å². The predicted octanol–water partition coefficient (Wildman–Crippen LogP) is 5.07. The van der Waals surface area contributed by atoms with E-state index in [2.05, 4.69) is 49.5 Å². The first-order valence-electron chi connectivity index (χ1n) is 7.32. The highest BCUT2D eigenvalue weighted by Gasteiger charge is 2.13. The summed E-state index contributed by atoms with van der Waals surface area (Å²) in [5.41, 5.74) is 3.81. The molecule has 0 aliphatic heterocycles. The molecule has 0 fully saturated rings. The first kappa shape index (κ1) is 16.4. The zero-order valence-electron chi connectivity index (χ0n) is 12.5. The van der Waals surface area contributed by atoms with Gasteiger partial charge in [-0.3, -0.25) is 0 Å². The molecule has 0 radical (unpaired) electrons. The zero-order chi connectivity index (χ0) is 15.2. The molecule has 21 heavy (non-hydrogen) atoms. The normalized spacial score (nSPS) is 12.4. The molecule has 2 aromatic rings. The highest BCUT2D eigenvalue weighted by atomic mass is 35.5. The smallest absolute Gasteiger partial charge is 0.0624 e. The fourth-order valence-electron chi connectivity index (χ4n) is 2.58. The van der Waals surface area contributed by atoms with E-state index in [0.717, 1.165) is 24.9 Å². The molecule has 1 N–H and O–H groups in total. The lowest BCUT2D eigenvalue weighted by atomic mass is 9.96. The third-order valence-electron chi connectivity index (χ3n) is 3.72. The molecule has 112 valence electrons. The summed E-state index contributed by atoms with van der Waals surface area (Å²) >= 11 is 12.4. The quantitative estimate of drug-likeness (QED) is 0.783. The van der Waals surface area contributed by atoms with Crippen LogP contribution in [0.3, 0.4) is 0 Å². The fourth-order valence-corrected chi connectivity index (χ4v) is 2.98. The third-order valence-corrected chi connectivity index (χ3v) is 4.58. The Morgan fingerprint density at radius 3 is 2.33 bits per heavy atom. The van der Waals surface area contributed by atoms with Crippen LogP contribution in [0.15, 0.2) is 42.5 Å². The minimum Gasteiger partial charge on any atom is -0.314 e. The summed E-state index contributed by atoms with van der Waals surface area (Å²) in [4.78, 5) is 0. The minimum atomic E-state index is 0.354. The van der Waals surface area contributed by atoms with Gasteiger partial charge in [0.15, 0.2) is 0 Å². The van der Waals surface area contributed by atoms with E-state index < -0.39 is 0 Å². The van der Waals surface area contributed by atoms with E-state index >= 15 is 0 Å². The van der Waals surface area contributed by atoms with E-state index in [-0.39, 0.29) is 0 Å². The van der Waals surface area contributed by atoms with E-state index in [1.54, 1.807) is 0 Å². The zero-order valence-corrected chi connectivity index (χ0v) is 14.0. The SMILES string of the molecule is CCNC(Cc1ccccc1C)Cc1cccc(Cl)c1Cl. The van der Waals surface area contributed by atoms with Crippen LogP contribution in [0, 0.1) is 6.92 Å². The highest BCUT2D eigenvalue weighted by molar-refractivity contribution is 6.42. The monoisotopic (exact) mass is 321 g/mol. The average molecular weight is 322 g/mol. The minimum absolute atomic E-state index is 0.354. The molecule has 2 aromatic carbocycles. The third kappa shape index (κ3) is 4.47. The molecule has 0 spiro atoms. The maximum atomic E-state index is 6.31. The number of likely N-dealkylation sites (N-methyl/N-ethyl adjacent to an activating group) is 1. The van der Waals surface area contributed by atoms with Crippen LogP contribution < -0.4 is 5.32 Å². The Morgan fingerprint density at radius 1 is 0.952 bits per heavy atom. The van der Waals surface area contributed by atoms with Gasteiger partial charge in [0, 0.05) is 6.04 Å². The highest BCUT2D eigenvalue weighted by Crippen LogP contribution is 2.27. The number of rotatable bonds is 6. The van der Waals surface area contributed by atoms with Gasteiger partial charge in [-0.15, -0.1) is 0 Å². The fraction of sp³-hybridized carbons (Fsp3) is 0.333. The Bertz CT molecular complexity index is 596. The Labute approximate surface area is 137 Å². The van der Waals surface area contributed by atoms with Crippen molar-refractivity contribution >= 4 is 23.2 Å². The summed E-state index contributed by atoms with van der Waals surface area (Å²) in [7, 11) is 0. The molecular formula is C18H21Cl2N. The standard InChI is InChI=1S/C18H21Cl2N/c1-3-21-16(11-14-8-5-4-7-13(14)2)12-15-9-6-10-17(19)18(15)20/h4-10,16,21H,3,11-12H2,1-2H3. The van der Waals surface area contributed by atoms with Crippen molar-refractivity contribution in [2.75, 3.05) is 6.54 Å². The number of halogens is 2. The van der Waals surface area contributed by atoms with Crippen LogP contribution in [0.2, 0.25) is 10.0 Å². The largest absolute Gasteiger partial charge is 0.314 e. The van der Waals surface area contributed by atoms with Crippen LogP contribution in [0.1, 0.15) is 23.6 Å². The molecule has 0 saturated heterocycles. The van der Waals surface area contributed by atoms with Crippen LogP contribution in [-0.2, 0) is 12.8 Å². The molecule has 0 aliphatic rings. The molecule has 0 amide bonds. The molecule has 1 unspecified atom stereocenters. The van der Waals surface area contributed by atoms with E-state index in [9.17, 15) is 0 Å². The van der Waals surface area contributed by atoms with Crippen molar-refractivity contribution in [3.05, 3.63) is 69.2 Å².